The summed E-state index contributed by atoms with van der Waals surface area (Å²) in [4.78, 5) is 32.0. The Labute approximate surface area is 188 Å². The van der Waals surface area contributed by atoms with Crippen molar-refractivity contribution in [2.75, 3.05) is 13.1 Å². The van der Waals surface area contributed by atoms with Crippen LogP contribution in [0, 0.1) is 12.7 Å². The van der Waals surface area contributed by atoms with Crippen molar-refractivity contribution < 1.29 is 22.9 Å². The molecule has 5 rings (SSSR count). The van der Waals surface area contributed by atoms with Crippen molar-refractivity contribution in [3.8, 4) is 11.3 Å². The standard InChI is InChI=1S/C24H21FN4O4/c1-14-21-19(12-20(27-23(21)33-28-14)15-2-4-17(25)5-3-15)22(30)26-18-6-9-29(10-7-18)24(31)16-8-11-32-13-16/h2-5,8,11-13,18H,6-7,9-10H2,1H3,(H,26,30). The number of aryl methyl sites for hydroxylation is 1. The molecule has 1 fully saturated rings. The van der Waals surface area contributed by atoms with E-state index in [4.69, 9.17) is 8.94 Å². The molecule has 0 radical (unpaired) electrons. The summed E-state index contributed by atoms with van der Waals surface area (Å²) in [5, 5.41) is 7.58. The third kappa shape index (κ3) is 4.09. The molecule has 0 atom stereocenters. The maximum absolute atomic E-state index is 13.3. The van der Waals surface area contributed by atoms with Crippen molar-refractivity contribution >= 4 is 22.9 Å². The smallest absolute Gasteiger partial charge is 0.259 e. The lowest BCUT2D eigenvalue weighted by atomic mass is 10.0. The lowest BCUT2D eigenvalue weighted by molar-refractivity contribution is 0.0697. The van der Waals surface area contributed by atoms with E-state index in [-0.39, 0.29) is 29.4 Å². The number of hydrogen-bond acceptors (Lipinski definition) is 6. The van der Waals surface area contributed by atoms with E-state index in [2.05, 4.69) is 15.5 Å². The lowest BCUT2D eigenvalue weighted by Crippen LogP contribution is -2.46. The second-order valence-corrected chi connectivity index (χ2v) is 8.06. The van der Waals surface area contributed by atoms with Gasteiger partial charge in [0.1, 0.15) is 12.1 Å². The number of fused-ring (bicyclic) bond motifs is 1. The van der Waals surface area contributed by atoms with E-state index in [9.17, 15) is 14.0 Å². The molecule has 9 heteroatoms. The zero-order valence-corrected chi connectivity index (χ0v) is 17.9. The number of hydrogen-bond donors (Lipinski definition) is 1. The first-order valence-electron chi connectivity index (χ1n) is 10.6. The van der Waals surface area contributed by atoms with E-state index in [1.807, 2.05) is 0 Å². The number of furan rings is 1. The Morgan fingerprint density at radius 3 is 2.61 bits per heavy atom. The normalized spacial score (nSPS) is 14.5. The zero-order chi connectivity index (χ0) is 22.9. The molecule has 2 amide bonds. The van der Waals surface area contributed by atoms with Crippen molar-refractivity contribution in [3.05, 3.63) is 71.6 Å². The fourth-order valence-corrected chi connectivity index (χ4v) is 4.10. The van der Waals surface area contributed by atoms with Crippen molar-refractivity contribution in [3.63, 3.8) is 0 Å². The summed E-state index contributed by atoms with van der Waals surface area (Å²) < 4.78 is 23.7. The molecule has 0 bridgehead atoms. The summed E-state index contributed by atoms with van der Waals surface area (Å²) in [6, 6.07) is 9.11. The van der Waals surface area contributed by atoms with Crippen LogP contribution in [-0.2, 0) is 0 Å². The molecule has 0 aliphatic carbocycles. The fraction of sp³-hybridized carbons (Fsp3) is 0.250. The van der Waals surface area contributed by atoms with Gasteiger partial charge in [0, 0.05) is 24.7 Å². The highest BCUT2D eigenvalue weighted by molar-refractivity contribution is 6.07. The molecule has 8 nitrogen and oxygen atoms in total. The van der Waals surface area contributed by atoms with Gasteiger partial charge in [-0.2, -0.15) is 0 Å². The highest BCUT2D eigenvalue weighted by Crippen LogP contribution is 2.27. The molecular formula is C24H21FN4O4. The Bertz CT molecular complexity index is 1310. The molecule has 3 aromatic heterocycles. The first-order valence-corrected chi connectivity index (χ1v) is 10.6. The molecule has 1 aromatic carbocycles. The average Bonchev–Trinajstić information content (AvgIpc) is 3.49. The minimum Gasteiger partial charge on any atom is -0.472 e. The summed E-state index contributed by atoms with van der Waals surface area (Å²) in [6.07, 6.45) is 4.18. The van der Waals surface area contributed by atoms with Crippen LogP contribution in [0.15, 0.2) is 57.9 Å². The number of amides is 2. The van der Waals surface area contributed by atoms with Gasteiger partial charge in [-0.3, -0.25) is 9.59 Å². The molecule has 0 saturated carbocycles. The highest BCUT2D eigenvalue weighted by Gasteiger charge is 2.27. The van der Waals surface area contributed by atoms with Crippen LogP contribution >= 0.6 is 0 Å². The molecule has 33 heavy (non-hydrogen) atoms. The Morgan fingerprint density at radius 1 is 1.15 bits per heavy atom. The van der Waals surface area contributed by atoms with Crippen LogP contribution in [0.1, 0.15) is 39.3 Å². The third-order valence-corrected chi connectivity index (χ3v) is 5.89. The number of pyridine rings is 1. The molecular weight excluding hydrogens is 427 g/mol. The van der Waals surface area contributed by atoms with Gasteiger partial charge in [-0.05, 0) is 56.2 Å². The van der Waals surface area contributed by atoms with Gasteiger partial charge < -0.3 is 19.2 Å². The minimum atomic E-state index is -0.356. The predicted octanol–water partition coefficient (Wildman–Crippen LogP) is 3.96. The van der Waals surface area contributed by atoms with Gasteiger partial charge in [0.15, 0.2) is 0 Å². The summed E-state index contributed by atoms with van der Waals surface area (Å²) >= 11 is 0. The van der Waals surface area contributed by atoms with Gasteiger partial charge in [0.25, 0.3) is 17.5 Å². The number of piperidine rings is 1. The van der Waals surface area contributed by atoms with E-state index in [0.717, 1.165) is 0 Å². The summed E-state index contributed by atoms with van der Waals surface area (Å²) in [7, 11) is 0. The molecule has 4 aromatic rings. The molecule has 1 aliphatic heterocycles. The zero-order valence-electron chi connectivity index (χ0n) is 17.9. The fourth-order valence-electron chi connectivity index (χ4n) is 4.10. The first kappa shape index (κ1) is 20.9. The van der Waals surface area contributed by atoms with Crippen LogP contribution in [-0.4, -0.2) is 46.0 Å². The largest absolute Gasteiger partial charge is 0.472 e. The number of likely N-dealkylation sites (tertiary alicyclic amines) is 1. The molecule has 4 heterocycles. The molecule has 0 spiro atoms. The van der Waals surface area contributed by atoms with Crippen molar-refractivity contribution in [1.82, 2.24) is 20.4 Å². The van der Waals surface area contributed by atoms with Gasteiger partial charge in [-0.15, -0.1) is 0 Å². The number of nitrogens with zero attached hydrogens (tertiary/aromatic N) is 3. The topological polar surface area (TPSA) is 101 Å². The number of carbonyl (C=O) groups excluding carboxylic acids is 2. The van der Waals surface area contributed by atoms with Gasteiger partial charge in [-0.1, -0.05) is 5.16 Å². The van der Waals surface area contributed by atoms with Crippen LogP contribution in [0.25, 0.3) is 22.4 Å². The van der Waals surface area contributed by atoms with Crippen LogP contribution in [0.5, 0.6) is 0 Å². The third-order valence-electron chi connectivity index (χ3n) is 5.89. The average molecular weight is 448 g/mol. The van der Waals surface area contributed by atoms with E-state index in [1.165, 1.54) is 24.7 Å². The van der Waals surface area contributed by atoms with Crippen LogP contribution in [0.3, 0.4) is 0 Å². The van der Waals surface area contributed by atoms with Gasteiger partial charge in [0.2, 0.25) is 0 Å². The van der Waals surface area contributed by atoms with E-state index in [0.29, 0.717) is 59.4 Å². The number of nitrogens with one attached hydrogen (secondary N) is 1. The van der Waals surface area contributed by atoms with Gasteiger partial charge >= 0.3 is 0 Å². The monoisotopic (exact) mass is 448 g/mol. The maximum Gasteiger partial charge on any atom is 0.259 e. The molecule has 1 N–H and O–H groups in total. The molecule has 168 valence electrons. The summed E-state index contributed by atoms with van der Waals surface area (Å²) in [6.45, 7) is 2.82. The second-order valence-electron chi connectivity index (χ2n) is 8.06. The van der Waals surface area contributed by atoms with Gasteiger partial charge in [0.05, 0.1) is 34.2 Å². The quantitative estimate of drug-likeness (QED) is 0.507. The molecule has 1 saturated heterocycles. The number of rotatable bonds is 4. The summed E-state index contributed by atoms with van der Waals surface area (Å²) in [5.41, 5.74) is 2.88. The van der Waals surface area contributed by atoms with E-state index < -0.39 is 0 Å². The lowest BCUT2D eigenvalue weighted by Gasteiger charge is -2.32. The predicted molar refractivity (Wildman–Crippen MR) is 117 cm³/mol. The molecule has 1 aliphatic rings. The van der Waals surface area contributed by atoms with Crippen molar-refractivity contribution in [2.45, 2.75) is 25.8 Å². The van der Waals surface area contributed by atoms with Crippen molar-refractivity contribution in [1.29, 1.82) is 0 Å². The van der Waals surface area contributed by atoms with Crippen molar-refractivity contribution in [2.24, 2.45) is 0 Å². The SMILES string of the molecule is Cc1noc2nc(-c3ccc(F)cc3)cc(C(=O)NC3CCN(C(=O)c4ccoc4)CC3)c12. The number of halogens is 1. The Morgan fingerprint density at radius 2 is 1.91 bits per heavy atom. The highest BCUT2D eigenvalue weighted by atomic mass is 19.1. The second kappa shape index (κ2) is 8.50. The van der Waals surface area contributed by atoms with Crippen LogP contribution in [0.4, 0.5) is 4.39 Å². The Balaban J connectivity index is 1.35. The maximum atomic E-state index is 13.3. The minimum absolute atomic E-state index is 0.0756. The molecule has 0 unspecified atom stereocenters. The van der Waals surface area contributed by atoms with Crippen LogP contribution < -0.4 is 5.32 Å². The number of benzene rings is 1. The summed E-state index contributed by atoms with van der Waals surface area (Å²) in [5.74, 6) is -0.698. The van der Waals surface area contributed by atoms with Gasteiger partial charge in [-0.25, -0.2) is 9.37 Å². The number of aromatic nitrogens is 2. The number of carbonyl (C=O) groups is 2. The first-order chi connectivity index (χ1) is 16.0. The Hall–Kier alpha value is -4.01. The Kier molecular flexibility index (Phi) is 5.37. The van der Waals surface area contributed by atoms with Crippen LogP contribution in [0.2, 0.25) is 0 Å². The van der Waals surface area contributed by atoms with E-state index >= 15 is 0 Å². The van der Waals surface area contributed by atoms with E-state index in [1.54, 1.807) is 36.1 Å².